The molecule has 1 nitrogen and oxygen atoms in total. The van der Waals surface area contributed by atoms with Gasteiger partial charge in [0.1, 0.15) is 0 Å². The van der Waals surface area contributed by atoms with Crippen molar-refractivity contribution in [3.05, 3.63) is 11.1 Å². The zero-order valence-corrected chi connectivity index (χ0v) is 9.55. The fraction of sp³-hybridized carbons (Fsp3) is 0.714. The minimum absolute atomic E-state index is 0.0977. The van der Waals surface area contributed by atoms with Gasteiger partial charge in [-0.2, -0.15) is 0 Å². The normalized spacial score (nSPS) is 16.3. The summed E-state index contributed by atoms with van der Waals surface area (Å²) in [6.45, 7) is 1.97. The molecule has 0 aromatic carbocycles. The highest BCUT2D eigenvalue weighted by Crippen LogP contribution is 2.37. The molecule has 0 aromatic heterocycles. The SMILES string of the molecule is CC(CO)CC=C(Cl)C(Cl)(Cl)Cl. The van der Waals surface area contributed by atoms with E-state index in [1.54, 1.807) is 6.08 Å². The van der Waals surface area contributed by atoms with Crippen molar-refractivity contribution in [1.29, 1.82) is 0 Å². The van der Waals surface area contributed by atoms with E-state index in [4.69, 9.17) is 51.5 Å². The van der Waals surface area contributed by atoms with Crippen LogP contribution >= 0.6 is 46.4 Å². The van der Waals surface area contributed by atoms with Gasteiger partial charge in [0, 0.05) is 6.61 Å². The zero-order chi connectivity index (χ0) is 9.78. The molecule has 0 spiro atoms. The Labute approximate surface area is 92.2 Å². The second-order valence-corrected chi connectivity index (χ2v) is 5.26. The number of allylic oxidation sites excluding steroid dienone is 2. The van der Waals surface area contributed by atoms with Crippen LogP contribution in [-0.2, 0) is 0 Å². The molecular weight excluding hydrogens is 242 g/mol. The minimum Gasteiger partial charge on any atom is -0.396 e. The maximum atomic E-state index is 8.68. The number of hydrogen-bond acceptors (Lipinski definition) is 1. The van der Waals surface area contributed by atoms with Crippen molar-refractivity contribution >= 4 is 46.4 Å². The second kappa shape index (κ2) is 5.56. The van der Waals surface area contributed by atoms with E-state index in [1.807, 2.05) is 6.92 Å². The third-order valence-electron chi connectivity index (χ3n) is 1.28. The maximum Gasteiger partial charge on any atom is 0.226 e. The van der Waals surface area contributed by atoms with Crippen molar-refractivity contribution in [1.82, 2.24) is 0 Å². The van der Waals surface area contributed by atoms with Crippen LogP contribution in [0, 0.1) is 5.92 Å². The molecule has 0 bridgehead atoms. The molecule has 0 radical (unpaired) electrons. The van der Waals surface area contributed by atoms with Gasteiger partial charge in [-0.1, -0.05) is 59.4 Å². The van der Waals surface area contributed by atoms with E-state index in [2.05, 4.69) is 0 Å². The van der Waals surface area contributed by atoms with Gasteiger partial charge in [-0.15, -0.1) is 0 Å². The number of halogens is 4. The van der Waals surface area contributed by atoms with Gasteiger partial charge in [-0.05, 0) is 12.3 Å². The van der Waals surface area contributed by atoms with E-state index < -0.39 is 3.79 Å². The molecule has 0 fully saturated rings. The van der Waals surface area contributed by atoms with Crippen LogP contribution in [0.3, 0.4) is 0 Å². The Kier molecular flexibility index (Phi) is 5.96. The van der Waals surface area contributed by atoms with Crippen LogP contribution < -0.4 is 0 Å². The summed E-state index contributed by atoms with van der Waals surface area (Å²) in [5.41, 5.74) is 0. The molecule has 0 saturated heterocycles. The van der Waals surface area contributed by atoms with Crippen molar-refractivity contribution in [2.24, 2.45) is 5.92 Å². The second-order valence-electron chi connectivity index (χ2n) is 2.57. The van der Waals surface area contributed by atoms with E-state index in [0.29, 0.717) is 6.42 Å². The van der Waals surface area contributed by atoms with Crippen LogP contribution in [0.4, 0.5) is 0 Å². The van der Waals surface area contributed by atoms with Crippen molar-refractivity contribution < 1.29 is 5.11 Å². The van der Waals surface area contributed by atoms with E-state index in [1.165, 1.54) is 0 Å². The fourth-order valence-corrected chi connectivity index (χ4v) is 0.815. The molecular formula is C7H10Cl4O. The Hall–Kier alpha value is 0.860. The van der Waals surface area contributed by atoms with E-state index in [9.17, 15) is 0 Å². The summed E-state index contributed by atoms with van der Waals surface area (Å²) in [6.07, 6.45) is 2.21. The lowest BCUT2D eigenvalue weighted by atomic mass is 10.1. The van der Waals surface area contributed by atoms with Crippen LogP contribution in [0.1, 0.15) is 13.3 Å². The van der Waals surface area contributed by atoms with Crippen LogP contribution in [0.2, 0.25) is 0 Å². The van der Waals surface area contributed by atoms with Gasteiger partial charge in [0.15, 0.2) is 0 Å². The maximum absolute atomic E-state index is 8.68. The zero-order valence-electron chi connectivity index (χ0n) is 6.53. The fourth-order valence-electron chi connectivity index (χ4n) is 0.495. The average molecular weight is 252 g/mol. The lowest BCUT2D eigenvalue weighted by Gasteiger charge is -2.10. The lowest BCUT2D eigenvalue weighted by molar-refractivity contribution is 0.239. The number of aliphatic hydroxyl groups excluding tert-OH is 1. The molecule has 5 heteroatoms. The van der Waals surface area contributed by atoms with Crippen molar-refractivity contribution in [3.8, 4) is 0 Å². The van der Waals surface area contributed by atoms with Crippen LogP contribution in [-0.4, -0.2) is 15.5 Å². The molecule has 12 heavy (non-hydrogen) atoms. The van der Waals surface area contributed by atoms with E-state index in [0.717, 1.165) is 0 Å². The quantitative estimate of drug-likeness (QED) is 0.762. The van der Waals surface area contributed by atoms with Gasteiger partial charge < -0.3 is 5.11 Å². The van der Waals surface area contributed by atoms with Crippen molar-refractivity contribution in [2.45, 2.75) is 17.1 Å². The molecule has 72 valence electrons. The molecule has 0 aliphatic carbocycles. The predicted molar refractivity (Wildman–Crippen MR) is 55.1 cm³/mol. The third-order valence-corrected chi connectivity index (χ3v) is 2.62. The van der Waals surface area contributed by atoms with Gasteiger partial charge in [0.2, 0.25) is 3.79 Å². The smallest absolute Gasteiger partial charge is 0.226 e. The van der Waals surface area contributed by atoms with Gasteiger partial charge in [-0.25, -0.2) is 0 Å². The largest absolute Gasteiger partial charge is 0.396 e. The molecule has 0 aliphatic heterocycles. The molecule has 0 rings (SSSR count). The van der Waals surface area contributed by atoms with Gasteiger partial charge in [0.05, 0.1) is 5.03 Å². The standard InChI is InChI=1S/C7H10Cl4O/c1-5(4-12)2-3-6(8)7(9,10)11/h3,5,12H,2,4H2,1H3. The monoisotopic (exact) mass is 250 g/mol. The Morgan fingerprint density at radius 3 is 2.33 bits per heavy atom. The first-order valence-corrected chi connectivity index (χ1v) is 4.92. The van der Waals surface area contributed by atoms with Crippen molar-refractivity contribution in [3.63, 3.8) is 0 Å². The number of hydrogen-bond donors (Lipinski definition) is 1. The highest BCUT2D eigenvalue weighted by molar-refractivity contribution is 6.72. The number of aliphatic hydroxyl groups is 1. The molecule has 1 N–H and O–H groups in total. The Morgan fingerprint density at radius 1 is 1.50 bits per heavy atom. The first-order chi connectivity index (χ1) is 5.38. The predicted octanol–water partition coefficient (Wildman–Crippen LogP) is 3.50. The molecule has 0 heterocycles. The van der Waals surface area contributed by atoms with E-state index in [-0.39, 0.29) is 17.6 Å². The molecule has 0 amide bonds. The summed E-state index contributed by atoms with van der Waals surface area (Å²) in [5.74, 6) is 0.131. The Bertz CT molecular complexity index is 161. The highest BCUT2D eigenvalue weighted by atomic mass is 35.6. The summed E-state index contributed by atoms with van der Waals surface area (Å²) in [7, 11) is 0. The van der Waals surface area contributed by atoms with Crippen LogP contribution in [0.15, 0.2) is 11.1 Å². The van der Waals surface area contributed by atoms with Crippen LogP contribution in [0.5, 0.6) is 0 Å². The topological polar surface area (TPSA) is 20.2 Å². The first kappa shape index (κ1) is 12.9. The summed E-state index contributed by atoms with van der Waals surface area (Å²) in [5, 5.41) is 8.85. The Balaban J connectivity index is 4.01. The average Bonchev–Trinajstić information content (AvgIpc) is 1.97. The first-order valence-electron chi connectivity index (χ1n) is 3.41. The Morgan fingerprint density at radius 2 is 2.00 bits per heavy atom. The molecule has 0 aliphatic rings. The van der Waals surface area contributed by atoms with Gasteiger partial charge >= 0.3 is 0 Å². The van der Waals surface area contributed by atoms with Crippen LogP contribution in [0.25, 0.3) is 0 Å². The van der Waals surface area contributed by atoms with Gasteiger partial charge in [0.25, 0.3) is 0 Å². The summed E-state index contributed by atoms with van der Waals surface area (Å²) in [4.78, 5) is 0. The van der Waals surface area contributed by atoms with Crippen molar-refractivity contribution in [2.75, 3.05) is 6.61 Å². The molecule has 0 aromatic rings. The summed E-state index contributed by atoms with van der Waals surface area (Å²) < 4.78 is -1.54. The summed E-state index contributed by atoms with van der Waals surface area (Å²) in [6, 6.07) is 0. The minimum atomic E-state index is -1.54. The van der Waals surface area contributed by atoms with E-state index >= 15 is 0 Å². The molecule has 0 saturated carbocycles. The number of rotatable bonds is 3. The lowest BCUT2D eigenvalue weighted by Crippen LogP contribution is -2.04. The molecule has 1 unspecified atom stereocenters. The number of alkyl halides is 3. The highest BCUT2D eigenvalue weighted by Gasteiger charge is 2.23. The molecule has 1 atom stereocenters. The third kappa shape index (κ3) is 5.50. The summed E-state index contributed by atoms with van der Waals surface area (Å²) >= 11 is 22.1. The van der Waals surface area contributed by atoms with Gasteiger partial charge in [-0.3, -0.25) is 0 Å².